The SMILES string of the molecule is COc1ccc(C(c2ccc(OC)cc2)n2ccc3cc(/C(C)=C/C(=O)O)ccc32)cc1. The van der Waals surface area contributed by atoms with Crippen LogP contribution in [0.5, 0.6) is 11.5 Å². The van der Waals surface area contributed by atoms with Crippen LogP contribution < -0.4 is 9.47 Å². The number of carboxylic acid groups (broad SMARTS) is 1. The first-order valence-corrected chi connectivity index (χ1v) is 10.3. The third-order valence-corrected chi connectivity index (χ3v) is 5.66. The maximum atomic E-state index is 11.0. The fraction of sp³-hybridized carbons (Fsp3) is 0.148. The number of benzene rings is 3. The van der Waals surface area contributed by atoms with Gasteiger partial charge in [-0.2, -0.15) is 0 Å². The van der Waals surface area contributed by atoms with Crippen molar-refractivity contribution < 1.29 is 19.4 Å². The molecule has 0 bridgehead atoms. The topological polar surface area (TPSA) is 60.7 Å². The Labute approximate surface area is 187 Å². The first kappa shape index (κ1) is 21.2. The molecular weight excluding hydrogens is 402 g/mol. The monoisotopic (exact) mass is 427 g/mol. The zero-order chi connectivity index (χ0) is 22.7. The van der Waals surface area contributed by atoms with Crippen molar-refractivity contribution in [1.29, 1.82) is 0 Å². The van der Waals surface area contributed by atoms with Crippen molar-refractivity contribution in [2.45, 2.75) is 13.0 Å². The molecule has 0 saturated carbocycles. The highest BCUT2D eigenvalue weighted by Crippen LogP contribution is 2.33. The van der Waals surface area contributed by atoms with Crippen LogP contribution in [0, 0.1) is 0 Å². The number of fused-ring (bicyclic) bond motifs is 1. The van der Waals surface area contributed by atoms with Gasteiger partial charge in [0, 0.05) is 23.2 Å². The summed E-state index contributed by atoms with van der Waals surface area (Å²) in [6, 6.07) is 24.2. The molecule has 0 saturated heterocycles. The number of carboxylic acids is 1. The maximum Gasteiger partial charge on any atom is 0.328 e. The number of nitrogens with zero attached hydrogens (tertiary/aromatic N) is 1. The molecule has 1 aromatic heterocycles. The Bertz CT molecular complexity index is 1220. The quantitative estimate of drug-likeness (QED) is 0.380. The standard InChI is InChI=1S/C27H25NO4/c1-18(16-26(29)30)21-8-13-25-22(17-21)14-15-28(25)27(19-4-9-23(31-2)10-5-19)20-6-11-24(32-3)12-7-20/h4-17,27H,1-3H3,(H,29,30)/b18-16+. The molecule has 1 heterocycles. The van der Waals surface area contributed by atoms with E-state index in [9.17, 15) is 4.79 Å². The average molecular weight is 428 g/mol. The lowest BCUT2D eigenvalue weighted by Crippen LogP contribution is -2.11. The van der Waals surface area contributed by atoms with E-state index < -0.39 is 5.97 Å². The van der Waals surface area contributed by atoms with Gasteiger partial charge in [0.25, 0.3) is 0 Å². The molecule has 0 amide bonds. The molecule has 1 N–H and O–H groups in total. The van der Waals surface area contributed by atoms with E-state index in [0.29, 0.717) is 5.57 Å². The lowest BCUT2D eigenvalue weighted by Gasteiger charge is -2.22. The van der Waals surface area contributed by atoms with Gasteiger partial charge in [0.1, 0.15) is 11.5 Å². The Balaban J connectivity index is 1.83. The number of ether oxygens (including phenoxy) is 2. The minimum Gasteiger partial charge on any atom is -0.497 e. The first-order valence-electron chi connectivity index (χ1n) is 10.3. The van der Waals surface area contributed by atoms with Crippen LogP contribution in [0.1, 0.15) is 29.7 Å². The van der Waals surface area contributed by atoms with E-state index in [2.05, 4.69) is 41.1 Å². The summed E-state index contributed by atoms with van der Waals surface area (Å²) in [5.41, 5.74) is 4.92. The average Bonchev–Trinajstić information content (AvgIpc) is 3.22. The molecule has 0 aliphatic carbocycles. The molecule has 162 valence electrons. The predicted molar refractivity (Wildman–Crippen MR) is 126 cm³/mol. The Morgan fingerprint density at radius 2 is 1.44 bits per heavy atom. The van der Waals surface area contributed by atoms with Crippen LogP contribution in [-0.2, 0) is 4.79 Å². The molecule has 5 heteroatoms. The second kappa shape index (κ2) is 9.02. The van der Waals surface area contributed by atoms with Crippen molar-refractivity contribution in [2.75, 3.05) is 14.2 Å². The van der Waals surface area contributed by atoms with Crippen molar-refractivity contribution in [2.24, 2.45) is 0 Å². The van der Waals surface area contributed by atoms with Crippen LogP contribution in [0.15, 0.2) is 85.1 Å². The highest BCUT2D eigenvalue weighted by molar-refractivity contribution is 5.92. The van der Waals surface area contributed by atoms with Crippen LogP contribution in [0.4, 0.5) is 0 Å². The van der Waals surface area contributed by atoms with Crippen LogP contribution in [0.2, 0.25) is 0 Å². The second-order valence-corrected chi connectivity index (χ2v) is 7.61. The summed E-state index contributed by atoms with van der Waals surface area (Å²) < 4.78 is 12.9. The zero-order valence-corrected chi connectivity index (χ0v) is 18.3. The molecular formula is C27H25NO4. The fourth-order valence-electron chi connectivity index (χ4n) is 3.99. The summed E-state index contributed by atoms with van der Waals surface area (Å²) in [5, 5.41) is 10.1. The molecule has 32 heavy (non-hydrogen) atoms. The molecule has 3 aromatic carbocycles. The molecule has 0 aliphatic heterocycles. The predicted octanol–water partition coefficient (Wildman–Crippen LogP) is 5.78. The second-order valence-electron chi connectivity index (χ2n) is 7.61. The van der Waals surface area contributed by atoms with E-state index in [1.165, 1.54) is 6.08 Å². The van der Waals surface area contributed by atoms with Gasteiger partial charge in [-0.3, -0.25) is 0 Å². The van der Waals surface area contributed by atoms with Gasteiger partial charge in [0.2, 0.25) is 0 Å². The molecule has 0 atom stereocenters. The molecule has 0 fully saturated rings. The molecule has 4 aromatic rings. The summed E-state index contributed by atoms with van der Waals surface area (Å²) >= 11 is 0. The van der Waals surface area contributed by atoms with Crippen molar-refractivity contribution in [3.63, 3.8) is 0 Å². The lowest BCUT2D eigenvalue weighted by atomic mass is 9.97. The van der Waals surface area contributed by atoms with Crippen molar-refractivity contribution in [3.05, 3.63) is 102 Å². The van der Waals surface area contributed by atoms with Crippen LogP contribution in [-0.4, -0.2) is 29.9 Å². The Kier molecular flexibility index (Phi) is 5.99. The summed E-state index contributed by atoms with van der Waals surface area (Å²) in [6.07, 6.45) is 3.31. The highest BCUT2D eigenvalue weighted by atomic mass is 16.5. The Hall–Kier alpha value is -3.99. The number of aromatic nitrogens is 1. The number of aliphatic carboxylic acids is 1. The molecule has 0 radical (unpaired) electrons. The van der Waals surface area contributed by atoms with E-state index in [0.717, 1.165) is 39.1 Å². The lowest BCUT2D eigenvalue weighted by molar-refractivity contribution is -0.131. The Morgan fingerprint density at radius 1 is 0.875 bits per heavy atom. The third-order valence-electron chi connectivity index (χ3n) is 5.66. The van der Waals surface area contributed by atoms with E-state index in [1.807, 2.05) is 49.4 Å². The zero-order valence-electron chi connectivity index (χ0n) is 18.3. The van der Waals surface area contributed by atoms with Gasteiger partial charge in [-0.05, 0) is 71.7 Å². The minimum atomic E-state index is -0.945. The van der Waals surface area contributed by atoms with E-state index in [4.69, 9.17) is 14.6 Å². The van der Waals surface area contributed by atoms with Crippen LogP contribution in [0.3, 0.4) is 0 Å². The van der Waals surface area contributed by atoms with Crippen molar-refractivity contribution >= 4 is 22.4 Å². The van der Waals surface area contributed by atoms with Gasteiger partial charge < -0.3 is 19.1 Å². The summed E-state index contributed by atoms with van der Waals surface area (Å²) in [6.45, 7) is 1.81. The van der Waals surface area contributed by atoms with Gasteiger partial charge in [-0.1, -0.05) is 30.3 Å². The number of rotatable bonds is 7. The number of carbonyl (C=O) groups is 1. The summed E-state index contributed by atoms with van der Waals surface area (Å²) in [5.74, 6) is 0.675. The van der Waals surface area contributed by atoms with Gasteiger partial charge >= 0.3 is 5.97 Å². The van der Waals surface area contributed by atoms with Gasteiger partial charge in [-0.25, -0.2) is 4.79 Å². The third kappa shape index (κ3) is 4.23. The molecule has 0 spiro atoms. The Morgan fingerprint density at radius 3 is 1.94 bits per heavy atom. The molecule has 0 unspecified atom stereocenters. The molecule has 5 nitrogen and oxygen atoms in total. The summed E-state index contributed by atoms with van der Waals surface area (Å²) in [7, 11) is 3.32. The number of hydrogen-bond donors (Lipinski definition) is 1. The number of hydrogen-bond acceptors (Lipinski definition) is 3. The van der Waals surface area contributed by atoms with E-state index >= 15 is 0 Å². The molecule has 0 aliphatic rings. The normalized spacial score (nSPS) is 11.7. The van der Waals surface area contributed by atoms with E-state index in [-0.39, 0.29) is 6.04 Å². The smallest absolute Gasteiger partial charge is 0.328 e. The van der Waals surface area contributed by atoms with Crippen LogP contribution in [0.25, 0.3) is 16.5 Å². The van der Waals surface area contributed by atoms with Crippen molar-refractivity contribution in [1.82, 2.24) is 4.57 Å². The number of methoxy groups -OCH3 is 2. The van der Waals surface area contributed by atoms with E-state index in [1.54, 1.807) is 14.2 Å². The fourth-order valence-corrected chi connectivity index (χ4v) is 3.99. The largest absolute Gasteiger partial charge is 0.497 e. The van der Waals surface area contributed by atoms with Gasteiger partial charge in [-0.15, -0.1) is 0 Å². The van der Waals surface area contributed by atoms with Gasteiger partial charge in [0.15, 0.2) is 0 Å². The highest BCUT2D eigenvalue weighted by Gasteiger charge is 2.19. The maximum absolute atomic E-state index is 11.0. The molecule has 4 rings (SSSR count). The minimum absolute atomic E-state index is 0.0502. The van der Waals surface area contributed by atoms with Gasteiger partial charge in [0.05, 0.1) is 20.3 Å². The van der Waals surface area contributed by atoms with Crippen LogP contribution >= 0.6 is 0 Å². The first-order chi connectivity index (χ1) is 15.5. The summed E-state index contributed by atoms with van der Waals surface area (Å²) in [4.78, 5) is 11.0. The van der Waals surface area contributed by atoms with Crippen molar-refractivity contribution in [3.8, 4) is 11.5 Å². The number of allylic oxidation sites excluding steroid dienone is 1.